The molecule has 1 aliphatic carbocycles. The number of rotatable bonds is 2. The zero-order valence-corrected chi connectivity index (χ0v) is 29.6. The van der Waals surface area contributed by atoms with Crippen molar-refractivity contribution in [2.45, 2.75) is 5.41 Å². The van der Waals surface area contributed by atoms with Gasteiger partial charge >= 0.3 is 0 Å². The lowest BCUT2D eigenvalue weighted by Gasteiger charge is -2.39. The smallest absolute Gasteiger partial charge is 0.188 e. The Labute approximate surface area is 320 Å². The number of pyridine rings is 2. The van der Waals surface area contributed by atoms with E-state index in [1.807, 2.05) is 73.1 Å². The maximum absolute atomic E-state index is 9.80. The minimum absolute atomic E-state index is 0.600. The fraction of sp³-hybridized carbons (Fsp3) is 0.0204. The van der Waals surface area contributed by atoms with Crippen LogP contribution in [0.5, 0.6) is 11.5 Å². The SMILES string of the molecule is [C-]#[N+]c1ccc2c(c1)c1ccccc1n2-c1cccc2c1Oc1ccccc1C21c2cccnc2-c2ncc(-n3c4ccccc4c4cc(C#N)ccc43)cc21. The van der Waals surface area contributed by atoms with Gasteiger partial charge in [-0.25, -0.2) is 4.85 Å². The molecule has 0 bridgehead atoms. The van der Waals surface area contributed by atoms with E-state index in [4.69, 9.17) is 21.3 Å². The fourth-order valence-electron chi connectivity index (χ4n) is 9.51. The summed E-state index contributed by atoms with van der Waals surface area (Å²) >= 11 is 0. The maximum atomic E-state index is 9.80. The number of aromatic nitrogens is 4. The fourth-order valence-corrected chi connectivity index (χ4v) is 9.51. The maximum Gasteiger partial charge on any atom is 0.188 e. The third-order valence-corrected chi connectivity index (χ3v) is 11.7. The minimum atomic E-state index is -0.828. The van der Waals surface area contributed by atoms with Crippen molar-refractivity contribution < 1.29 is 4.74 Å². The zero-order chi connectivity index (χ0) is 37.1. The quantitative estimate of drug-likeness (QED) is 0.167. The van der Waals surface area contributed by atoms with E-state index in [0.717, 1.165) is 100 Å². The van der Waals surface area contributed by atoms with Crippen molar-refractivity contribution in [2.24, 2.45) is 0 Å². The summed E-state index contributed by atoms with van der Waals surface area (Å²) in [4.78, 5) is 14.0. The number of hydrogen-bond acceptors (Lipinski definition) is 4. The van der Waals surface area contributed by atoms with Crippen LogP contribution in [0.3, 0.4) is 0 Å². The molecule has 10 aromatic rings. The van der Waals surface area contributed by atoms with Crippen LogP contribution in [0.25, 0.3) is 71.2 Å². The van der Waals surface area contributed by atoms with Crippen molar-refractivity contribution >= 4 is 49.3 Å². The lowest BCUT2D eigenvalue weighted by atomic mass is 9.66. The van der Waals surface area contributed by atoms with Crippen molar-refractivity contribution in [1.29, 1.82) is 5.26 Å². The lowest BCUT2D eigenvalue weighted by molar-refractivity contribution is 0.434. The molecule has 5 heterocycles. The number of ether oxygens (including phenoxy) is 1. The van der Waals surface area contributed by atoms with Crippen LogP contribution in [0, 0.1) is 17.9 Å². The van der Waals surface area contributed by atoms with Gasteiger partial charge in [0.1, 0.15) is 5.75 Å². The summed E-state index contributed by atoms with van der Waals surface area (Å²) in [6.07, 6.45) is 3.79. The molecule has 7 nitrogen and oxygen atoms in total. The van der Waals surface area contributed by atoms with Crippen molar-refractivity contribution in [3.63, 3.8) is 0 Å². The second kappa shape index (κ2) is 11.0. The normalized spacial score (nSPS) is 15.0. The molecular formula is C49H26N6O. The molecule has 6 aromatic carbocycles. The van der Waals surface area contributed by atoms with Crippen molar-refractivity contribution in [3.8, 4) is 40.3 Å². The molecule has 0 saturated heterocycles. The Morgan fingerprint density at radius 1 is 0.589 bits per heavy atom. The van der Waals surface area contributed by atoms with E-state index in [2.05, 4.69) is 105 Å². The highest BCUT2D eigenvalue weighted by Crippen LogP contribution is 2.62. The molecule has 0 fully saturated rings. The second-order valence-electron chi connectivity index (χ2n) is 14.4. The van der Waals surface area contributed by atoms with E-state index in [1.54, 1.807) is 0 Å². The van der Waals surface area contributed by atoms with Gasteiger partial charge in [-0.3, -0.25) is 9.97 Å². The van der Waals surface area contributed by atoms with Gasteiger partial charge in [0.25, 0.3) is 0 Å². The summed E-state index contributed by atoms with van der Waals surface area (Å²) in [7, 11) is 0. The predicted octanol–water partition coefficient (Wildman–Crippen LogP) is 11.6. The van der Waals surface area contributed by atoms with Crippen molar-refractivity contribution in [2.75, 3.05) is 0 Å². The van der Waals surface area contributed by atoms with Gasteiger partial charge in [-0.2, -0.15) is 5.26 Å². The molecule has 2 aliphatic rings. The Balaban J connectivity index is 1.19. The van der Waals surface area contributed by atoms with E-state index in [1.165, 1.54) is 0 Å². The molecule has 1 unspecified atom stereocenters. The summed E-state index contributed by atoms with van der Waals surface area (Å²) < 4.78 is 11.6. The molecule has 4 aromatic heterocycles. The van der Waals surface area contributed by atoms with E-state index >= 15 is 0 Å². The Morgan fingerprint density at radius 2 is 1.27 bits per heavy atom. The van der Waals surface area contributed by atoms with Crippen LogP contribution in [-0.4, -0.2) is 19.1 Å². The highest BCUT2D eigenvalue weighted by molar-refractivity contribution is 6.11. The standard InChI is InChI=1S/C49H26N6O/c1-51-30-20-22-43-35(25-30)33-11-3-6-16-41(33)55(43)44-17-8-13-38-48(44)56-45-18-7-4-12-36(45)49(38)37-14-9-23-52-46(37)47-39(49)26-31(28-53-47)54-40-15-5-2-10-32(40)34-24-29(27-50)19-21-42(34)54/h2-26,28H. The molecular weight excluding hydrogens is 689 g/mol. The summed E-state index contributed by atoms with van der Waals surface area (Å²) in [5.74, 6) is 1.51. The Kier molecular flexibility index (Phi) is 5.99. The number of benzene rings is 6. The summed E-state index contributed by atoms with van der Waals surface area (Å²) in [6.45, 7) is 7.73. The van der Waals surface area contributed by atoms with Gasteiger partial charge in [0.15, 0.2) is 11.4 Å². The van der Waals surface area contributed by atoms with Crippen LogP contribution in [-0.2, 0) is 5.41 Å². The lowest BCUT2D eigenvalue weighted by Crippen LogP contribution is -2.32. The molecule has 7 heteroatoms. The number of nitriles is 1. The molecule has 0 radical (unpaired) electrons. The van der Waals surface area contributed by atoms with Crippen molar-refractivity contribution in [1.82, 2.24) is 19.1 Å². The molecule has 0 amide bonds. The molecule has 1 atom stereocenters. The van der Waals surface area contributed by atoms with E-state index in [0.29, 0.717) is 11.3 Å². The summed E-state index contributed by atoms with van der Waals surface area (Å²) in [5.41, 5.74) is 12.0. The topological polar surface area (TPSA) is 73.0 Å². The van der Waals surface area contributed by atoms with Crippen LogP contribution >= 0.6 is 0 Å². The number of nitrogens with zero attached hydrogens (tertiary/aromatic N) is 6. The molecule has 12 rings (SSSR count). The molecule has 258 valence electrons. The van der Waals surface area contributed by atoms with Crippen LogP contribution < -0.4 is 4.74 Å². The minimum Gasteiger partial charge on any atom is -0.454 e. The average molecular weight is 715 g/mol. The first-order valence-electron chi connectivity index (χ1n) is 18.4. The third-order valence-electron chi connectivity index (χ3n) is 11.7. The molecule has 0 N–H and O–H groups in total. The zero-order valence-electron chi connectivity index (χ0n) is 29.6. The van der Waals surface area contributed by atoms with Gasteiger partial charge < -0.3 is 13.9 Å². The van der Waals surface area contributed by atoms with Crippen LogP contribution in [0.4, 0.5) is 5.69 Å². The highest BCUT2D eigenvalue weighted by atomic mass is 16.5. The van der Waals surface area contributed by atoms with Gasteiger partial charge in [-0.05, 0) is 77.7 Å². The molecule has 56 heavy (non-hydrogen) atoms. The Morgan fingerprint density at radius 3 is 2.11 bits per heavy atom. The number of hydrogen-bond donors (Lipinski definition) is 0. The van der Waals surface area contributed by atoms with Crippen molar-refractivity contribution in [3.05, 3.63) is 197 Å². The average Bonchev–Trinajstić information content (AvgIpc) is 3.87. The predicted molar refractivity (Wildman–Crippen MR) is 219 cm³/mol. The first-order chi connectivity index (χ1) is 27.7. The Bertz CT molecular complexity index is 3450. The monoisotopic (exact) mass is 714 g/mol. The van der Waals surface area contributed by atoms with Crippen LogP contribution in [0.2, 0.25) is 0 Å². The van der Waals surface area contributed by atoms with E-state index < -0.39 is 5.41 Å². The molecule has 1 spiro atoms. The first kappa shape index (κ1) is 30.5. The van der Waals surface area contributed by atoms with Gasteiger partial charge in [0.05, 0.1) is 74.6 Å². The summed E-state index contributed by atoms with van der Waals surface area (Å²) in [5, 5.41) is 14.0. The van der Waals surface area contributed by atoms with Gasteiger partial charge in [-0.1, -0.05) is 78.9 Å². The second-order valence-corrected chi connectivity index (χ2v) is 14.4. The van der Waals surface area contributed by atoms with Gasteiger partial charge in [0, 0.05) is 39.0 Å². The van der Waals surface area contributed by atoms with Crippen LogP contribution in [0.1, 0.15) is 27.8 Å². The largest absolute Gasteiger partial charge is 0.454 e. The first-order valence-corrected chi connectivity index (χ1v) is 18.4. The van der Waals surface area contributed by atoms with Gasteiger partial charge in [-0.15, -0.1) is 0 Å². The van der Waals surface area contributed by atoms with Gasteiger partial charge in [0.2, 0.25) is 0 Å². The summed E-state index contributed by atoms with van der Waals surface area (Å²) in [6, 6.07) is 52.0. The van der Waals surface area contributed by atoms with Crippen LogP contribution in [0.15, 0.2) is 158 Å². The third kappa shape index (κ3) is 3.78. The number of fused-ring (bicyclic) bond motifs is 15. The van der Waals surface area contributed by atoms with E-state index in [-0.39, 0.29) is 0 Å². The highest BCUT2D eigenvalue weighted by Gasteiger charge is 2.53. The Hall–Kier alpha value is -8.00. The van der Waals surface area contributed by atoms with E-state index in [9.17, 15) is 5.26 Å². The number of para-hydroxylation sites is 4. The molecule has 1 aliphatic heterocycles. The molecule has 0 saturated carbocycles.